The highest BCUT2D eigenvalue weighted by Gasteiger charge is 2.26. The van der Waals surface area contributed by atoms with Crippen molar-refractivity contribution in [3.63, 3.8) is 0 Å². The van der Waals surface area contributed by atoms with Crippen LogP contribution in [0.2, 0.25) is 0 Å². The van der Waals surface area contributed by atoms with Gasteiger partial charge in [0, 0.05) is 18.0 Å². The Labute approximate surface area is 144 Å². The number of carbonyl (C=O) groups excluding carboxylic acids is 1. The summed E-state index contributed by atoms with van der Waals surface area (Å²) in [5.74, 6) is 0.0437. The third kappa shape index (κ3) is 2.73. The van der Waals surface area contributed by atoms with E-state index in [9.17, 15) is 4.79 Å². The molecule has 0 aliphatic heterocycles. The van der Waals surface area contributed by atoms with E-state index in [0.717, 1.165) is 41.5 Å². The predicted octanol–water partition coefficient (Wildman–Crippen LogP) is 2.76. The second-order valence-corrected chi connectivity index (χ2v) is 7.38. The number of benzene rings is 1. The standard InChI is InChI=1S/C17H19N5OS/c1-3-22-13-7-5-4-6-12(13)14-15(22)19-17(21-20-14)24-10(2)16(23)18-11-8-9-11/h4-7,10-11H,3,8-9H2,1-2H3,(H,18,23)/t10-/m1/s1. The summed E-state index contributed by atoms with van der Waals surface area (Å²) in [5, 5.41) is 13.0. The van der Waals surface area contributed by atoms with E-state index < -0.39 is 0 Å². The summed E-state index contributed by atoms with van der Waals surface area (Å²) in [7, 11) is 0. The highest BCUT2D eigenvalue weighted by atomic mass is 32.2. The molecule has 0 unspecified atom stereocenters. The van der Waals surface area contributed by atoms with Crippen molar-refractivity contribution in [1.82, 2.24) is 25.1 Å². The quantitative estimate of drug-likeness (QED) is 0.723. The first-order valence-electron chi connectivity index (χ1n) is 8.26. The van der Waals surface area contributed by atoms with Crippen molar-refractivity contribution in [2.45, 2.75) is 49.7 Å². The van der Waals surface area contributed by atoms with E-state index >= 15 is 0 Å². The van der Waals surface area contributed by atoms with Gasteiger partial charge in [0.2, 0.25) is 11.1 Å². The molecule has 0 radical (unpaired) electrons. The van der Waals surface area contributed by atoms with Gasteiger partial charge in [-0.3, -0.25) is 4.79 Å². The van der Waals surface area contributed by atoms with Gasteiger partial charge in [0.05, 0.1) is 10.8 Å². The van der Waals surface area contributed by atoms with Crippen molar-refractivity contribution in [3.8, 4) is 0 Å². The highest BCUT2D eigenvalue weighted by Crippen LogP contribution is 2.28. The molecule has 1 fully saturated rings. The van der Waals surface area contributed by atoms with Crippen LogP contribution >= 0.6 is 11.8 Å². The molecule has 2 heterocycles. The molecule has 3 aromatic rings. The number of nitrogens with zero attached hydrogens (tertiary/aromatic N) is 4. The lowest BCUT2D eigenvalue weighted by atomic mass is 10.2. The first-order valence-corrected chi connectivity index (χ1v) is 9.14. The zero-order valence-electron chi connectivity index (χ0n) is 13.7. The Kier molecular flexibility index (Phi) is 3.88. The molecule has 0 saturated heterocycles. The minimum Gasteiger partial charge on any atom is -0.352 e. The molecule has 1 N–H and O–H groups in total. The monoisotopic (exact) mass is 341 g/mol. The van der Waals surface area contributed by atoms with Crippen LogP contribution in [0.3, 0.4) is 0 Å². The lowest BCUT2D eigenvalue weighted by Gasteiger charge is -2.10. The number of carbonyl (C=O) groups is 1. The maximum Gasteiger partial charge on any atom is 0.233 e. The molecule has 0 spiro atoms. The second kappa shape index (κ2) is 6.05. The van der Waals surface area contributed by atoms with Crippen LogP contribution < -0.4 is 5.32 Å². The molecule has 0 bridgehead atoms. The fraction of sp³-hybridized carbons (Fsp3) is 0.412. The molecule has 1 amide bonds. The van der Waals surface area contributed by atoms with Gasteiger partial charge < -0.3 is 9.88 Å². The Morgan fingerprint density at radius 2 is 2.17 bits per heavy atom. The van der Waals surface area contributed by atoms with E-state index in [0.29, 0.717) is 11.2 Å². The number of thioether (sulfide) groups is 1. The summed E-state index contributed by atoms with van der Waals surface area (Å²) in [4.78, 5) is 16.8. The summed E-state index contributed by atoms with van der Waals surface area (Å²) in [6.45, 7) is 4.78. The Hall–Kier alpha value is -2.15. The molecule has 2 aromatic heterocycles. The number of hydrogen-bond acceptors (Lipinski definition) is 5. The molecule has 1 aliphatic carbocycles. The number of nitrogens with one attached hydrogen (secondary N) is 1. The van der Waals surface area contributed by atoms with Gasteiger partial charge in [0.15, 0.2) is 5.65 Å². The van der Waals surface area contributed by atoms with E-state index in [4.69, 9.17) is 0 Å². The Morgan fingerprint density at radius 1 is 1.38 bits per heavy atom. The number of amides is 1. The minimum absolute atomic E-state index is 0.0437. The Morgan fingerprint density at radius 3 is 2.92 bits per heavy atom. The molecule has 7 heteroatoms. The third-order valence-corrected chi connectivity index (χ3v) is 5.20. The van der Waals surface area contributed by atoms with Gasteiger partial charge in [-0.15, -0.1) is 10.2 Å². The maximum atomic E-state index is 12.1. The van der Waals surface area contributed by atoms with Gasteiger partial charge in [-0.25, -0.2) is 4.98 Å². The third-order valence-electron chi connectivity index (χ3n) is 4.25. The summed E-state index contributed by atoms with van der Waals surface area (Å²) in [6, 6.07) is 8.49. The van der Waals surface area contributed by atoms with Crippen molar-refractivity contribution in [1.29, 1.82) is 0 Å². The molecule has 124 valence electrons. The number of para-hydroxylation sites is 1. The van der Waals surface area contributed by atoms with Crippen LogP contribution in [0.4, 0.5) is 0 Å². The molecule has 4 rings (SSSR count). The van der Waals surface area contributed by atoms with E-state index in [1.165, 1.54) is 11.8 Å². The Bertz CT molecular complexity index is 918. The number of aromatic nitrogens is 4. The fourth-order valence-corrected chi connectivity index (χ4v) is 3.54. The SMILES string of the molecule is CCn1c2ccccc2c2nnc(S[C@H](C)C(=O)NC3CC3)nc21. The lowest BCUT2D eigenvalue weighted by molar-refractivity contribution is -0.120. The van der Waals surface area contributed by atoms with E-state index in [1.807, 2.05) is 25.1 Å². The predicted molar refractivity (Wildman–Crippen MR) is 95.0 cm³/mol. The first kappa shape index (κ1) is 15.4. The zero-order chi connectivity index (χ0) is 16.7. The van der Waals surface area contributed by atoms with E-state index in [2.05, 4.69) is 38.1 Å². The smallest absolute Gasteiger partial charge is 0.233 e. The van der Waals surface area contributed by atoms with Gasteiger partial charge in [0.1, 0.15) is 5.52 Å². The number of aryl methyl sites for hydroxylation is 1. The van der Waals surface area contributed by atoms with Crippen LogP contribution in [-0.2, 0) is 11.3 Å². The van der Waals surface area contributed by atoms with Crippen LogP contribution in [0.25, 0.3) is 22.1 Å². The topological polar surface area (TPSA) is 72.7 Å². The van der Waals surface area contributed by atoms with Crippen LogP contribution in [0.15, 0.2) is 29.4 Å². The van der Waals surface area contributed by atoms with Crippen molar-refractivity contribution in [2.75, 3.05) is 0 Å². The summed E-state index contributed by atoms with van der Waals surface area (Å²) in [5.41, 5.74) is 2.75. The van der Waals surface area contributed by atoms with Crippen LogP contribution in [0.1, 0.15) is 26.7 Å². The van der Waals surface area contributed by atoms with Crippen LogP contribution in [0.5, 0.6) is 0 Å². The van der Waals surface area contributed by atoms with Crippen molar-refractivity contribution >= 4 is 39.7 Å². The van der Waals surface area contributed by atoms with Crippen molar-refractivity contribution in [3.05, 3.63) is 24.3 Å². The van der Waals surface area contributed by atoms with E-state index in [-0.39, 0.29) is 11.2 Å². The fourth-order valence-electron chi connectivity index (χ4n) is 2.82. The number of fused-ring (bicyclic) bond motifs is 3. The van der Waals surface area contributed by atoms with Crippen LogP contribution in [-0.4, -0.2) is 36.9 Å². The molecule has 24 heavy (non-hydrogen) atoms. The molecule has 1 aliphatic rings. The zero-order valence-corrected chi connectivity index (χ0v) is 14.5. The molecule has 1 saturated carbocycles. The molecule has 1 atom stereocenters. The average molecular weight is 341 g/mol. The first-order chi connectivity index (χ1) is 11.7. The normalized spacial score (nSPS) is 15.8. The van der Waals surface area contributed by atoms with Crippen molar-refractivity contribution in [2.24, 2.45) is 0 Å². The Balaban J connectivity index is 1.67. The lowest BCUT2D eigenvalue weighted by Crippen LogP contribution is -2.32. The van der Waals surface area contributed by atoms with Gasteiger partial charge in [0.25, 0.3) is 0 Å². The minimum atomic E-state index is -0.232. The summed E-state index contributed by atoms with van der Waals surface area (Å²) >= 11 is 1.36. The largest absolute Gasteiger partial charge is 0.352 e. The second-order valence-electron chi connectivity index (χ2n) is 6.07. The van der Waals surface area contributed by atoms with Gasteiger partial charge in [-0.2, -0.15) is 0 Å². The van der Waals surface area contributed by atoms with Gasteiger partial charge in [-0.05, 0) is 32.8 Å². The summed E-state index contributed by atoms with van der Waals surface area (Å²) < 4.78 is 2.14. The van der Waals surface area contributed by atoms with Gasteiger partial charge in [-0.1, -0.05) is 30.0 Å². The molecule has 1 aromatic carbocycles. The highest BCUT2D eigenvalue weighted by molar-refractivity contribution is 8.00. The number of hydrogen-bond donors (Lipinski definition) is 1. The number of rotatable bonds is 5. The van der Waals surface area contributed by atoms with Crippen molar-refractivity contribution < 1.29 is 4.79 Å². The molecular formula is C17H19N5OS. The average Bonchev–Trinajstić information content (AvgIpc) is 3.35. The molecular weight excluding hydrogens is 322 g/mol. The van der Waals surface area contributed by atoms with Gasteiger partial charge >= 0.3 is 0 Å². The summed E-state index contributed by atoms with van der Waals surface area (Å²) in [6.07, 6.45) is 2.17. The molecule has 6 nitrogen and oxygen atoms in total. The maximum absolute atomic E-state index is 12.1. The van der Waals surface area contributed by atoms with E-state index in [1.54, 1.807) is 0 Å². The van der Waals surface area contributed by atoms with Crippen LogP contribution in [0, 0.1) is 0 Å².